The van der Waals surface area contributed by atoms with Crippen LogP contribution in [0.1, 0.15) is 57.3 Å². The summed E-state index contributed by atoms with van der Waals surface area (Å²) >= 11 is 0. The van der Waals surface area contributed by atoms with Crippen LogP contribution in [-0.2, 0) is 11.0 Å². The second-order valence-corrected chi connectivity index (χ2v) is 9.31. The van der Waals surface area contributed by atoms with Gasteiger partial charge >= 0.3 is 6.18 Å². The molecule has 1 amide bonds. The molecule has 1 unspecified atom stereocenters. The molecule has 4 rings (SSSR count). The number of hydrogen-bond acceptors (Lipinski definition) is 6. The fraction of sp³-hybridized carbons (Fsp3) is 0.480. The number of piperazine rings is 1. The van der Waals surface area contributed by atoms with E-state index in [2.05, 4.69) is 10.3 Å². The number of rotatable bonds is 6. The zero-order valence-corrected chi connectivity index (χ0v) is 20.8. The van der Waals surface area contributed by atoms with Gasteiger partial charge in [0.1, 0.15) is 11.3 Å². The van der Waals surface area contributed by atoms with E-state index in [0.717, 1.165) is 12.1 Å². The summed E-state index contributed by atoms with van der Waals surface area (Å²) in [7, 11) is 0. The first kappa shape index (κ1) is 25.6. The number of halogens is 3. The van der Waals surface area contributed by atoms with Crippen molar-refractivity contribution in [2.75, 3.05) is 36.4 Å². The Morgan fingerprint density at radius 3 is 2.28 bits per heavy atom. The van der Waals surface area contributed by atoms with Gasteiger partial charge in [0.05, 0.1) is 17.0 Å². The number of hydrogen-bond donors (Lipinski definition) is 2. The highest BCUT2D eigenvalue weighted by Crippen LogP contribution is 2.36. The molecule has 1 aromatic carbocycles. The number of benzene rings is 1. The molecule has 0 aliphatic carbocycles. The maximum atomic E-state index is 13.0. The summed E-state index contributed by atoms with van der Waals surface area (Å²) < 4.78 is 40.8. The third kappa shape index (κ3) is 5.05. The third-order valence-electron chi connectivity index (χ3n) is 6.58. The Balaban J connectivity index is 1.71. The van der Waals surface area contributed by atoms with Gasteiger partial charge < -0.3 is 24.8 Å². The molecule has 8 nitrogen and oxygen atoms in total. The van der Waals surface area contributed by atoms with Crippen LogP contribution in [0.5, 0.6) is 5.88 Å². The molecule has 1 aliphatic rings. The fourth-order valence-corrected chi connectivity index (χ4v) is 4.43. The quantitative estimate of drug-likeness (QED) is 0.493. The number of aromatic hydroxyl groups is 1. The van der Waals surface area contributed by atoms with Crippen molar-refractivity contribution in [3.63, 3.8) is 0 Å². The van der Waals surface area contributed by atoms with Gasteiger partial charge in [-0.25, -0.2) is 4.98 Å². The zero-order chi connectivity index (χ0) is 26.2. The predicted molar refractivity (Wildman–Crippen MR) is 132 cm³/mol. The minimum Gasteiger partial charge on any atom is -0.493 e. The van der Waals surface area contributed by atoms with Crippen molar-refractivity contribution >= 4 is 28.6 Å². The molecule has 2 aromatic heterocycles. The second-order valence-electron chi connectivity index (χ2n) is 9.31. The summed E-state index contributed by atoms with van der Waals surface area (Å²) in [6, 6.07) is 4.78. The van der Waals surface area contributed by atoms with E-state index in [9.17, 15) is 23.1 Å². The molecule has 1 aliphatic heterocycles. The van der Waals surface area contributed by atoms with Crippen LogP contribution >= 0.6 is 0 Å². The van der Waals surface area contributed by atoms with Gasteiger partial charge in [0.2, 0.25) is 17.7 Å². The smallest absolute Gasteiger partial charge is 0.416 e. The molecule has 2 N–H and O–H groups in total. The summed E-state index contributed by atoms with van der Waals surface area (Å²) in [4.78, 5) is 24.9. The monoisotopic (exact) mass is 504 g/mol. The summed E-state index contributed by atoms with van der Waals surface area (Å²) in [6.07, 6.45) is -2.01. The SMILES string of the molecule is CCC(Nc1nc(N2CCN(C(C)=O)CC2)nc2c(O)n(C(C)C)cc12)c1ccc(C(F)(F)F)cc1. The normalized spacial score (nSPS) is 15.6. The number of fused-ring (bicyclic) bond motifs is 1. The predicted octanol–water partition coefficient (Wildman–Crippen LogP) is 4.97. The van der Waals surface area contributed by atoms with Crippen LogP contribution in [-0.4, -0.2) is 56.6 Å². The number of alkyl halides is 3. The molecule has 1 fully saturated rings. The molecule has 194 valence electrons. The molecule has 1 saturated heterocycles. The molecule has 0 bridgehead atoms. The second kappa shape index (κ2) is 9.87. The van der Waals surface area contributed by atoms with E-state index in [1.807, 2.05) is 25.7 Å². The summed E-state index contributed by atoms with van der Waals surface area (Å²) in [6.45, 7) is 9.55. The molecular formula is C25H31F3N6O2. The lowest BCUT2D eigenvalue weighted by molar-refractivity contribution is -0.137. The van der Waals surface area contributed by atoms with Crippen LogP contribution in [0.25, 0.3) is 10.9 Å². The van der Waals surface area contributed by atoms with E-state index in [1.165, 1.54) is 12.1 Å². The molecule has 0 spiro atoms. The van der Waals surface area contributed by atoms with Crippen LogP contribution < -0.4 is 10.2 Å². The van der Waals surface area contributed by atoms with Crippen LogP contribution in [0.15, 0.2) is 30.5 Å². The number of carbonyl (C=O) groups excluding carboxylic acids is 1. The van der Waals surface area contributed by atoms with Gasteiger partial charge in [-0.2, -0.15) is 18.2 Å². The average Bonchev–Trinajstić information content (AvgIpc) is 3.19. The minimum absolute atomic E-state index is 0.0161. The van der Waals surface area contributed by atoms with Gasteiger partial charge in [-0.05, 0) is 38.0 Å². The van der Waals surface area contributed by atoms with E-state index in [4.69, 9.17) is 4.98 Å². The largest absolute Gasteiger partial charge is 0.493 e. The first-order valence-electron chi connectivity index (χ1n) is 12.0. The molecule has 1 atom stereocenters. The summed E-state index contributed by atoms with van der Waals surface area (Å²) in [5, 5.41) is 14.9. The first-order valence-corrected chi connectivity index (χ1v) is 12.0. The van der Waals surface area contributed by atoms with Crippen molar-refractivity contribution < 1.29 is 23.1 Å². The Kier molecular flexibility index (Phi) is 7.01. The van der Waals surface area contributed by atoms with E-state index < -0.39 is 11.7 Å². The Labute approximate surface area is 207 Å². The lowest BCUT2D eigenvalue weighted by Gasteiger charge is -2.34. The first-order chi connectivity index (χ1) is 17.0. The highest BCUT2D eigenvalue weighted by atomic mass is 19.4. The molecule has 0 radical (unpaired) electrons. The van der Waals surface area contributed by atoms with Gasteiger partial charge in [0, 0.05) is 45.3 Å². The molecule has 36 heavy (non-hydrogen) atoms. The highest BCUT2D eigenvalue weighted by molar-refractivity contribution is 5.94. The number of amides is 1. The maximum Gasteiger partial charge on any atom is 0.416 e. The fourth-order valence-electron chi connectivity index (χ4n) is 4.43. The van der Waals surface area contributed by atoms with Gasteiger partial charge in [-0.15, -0.1) is 0 Å². The Hall–Kier alpha value is -3.50. The van der Waals surface area contributed by atoms with Gasteiger partial charge in [-0.3, -0.25) is 4.79 Å². The van der Waals surface area contributed by atoms with Gasteiger partial charge in [-0.1, -0.05) is 19.1 Å². The molecule has 0 saturated carbocycles. The molecule has 3 aromatic rings. The molecule has 11 heteroatoms. The van der Waals surface area contributed by atoms with Crippen LogP contribution in [0.2, 0.25) is 0 Å². The highest BCUT2D eigenvalue weighted by Gasteiger charge is 2.30. The lowest BCUT2D eigenvalue weighted by Crippen LogP contribution is -2.48. The van der Waals surface area contributed by atoms with E-state index in [1.54, 1.807) is 22.6 Å². The van der Waals surface area contributed by atoms with Crippen LogP contribution in [0, 0.1) is 0 Å². The minimum atomic E-state index is -4.40. The Morgan fingerprint density at radius 2 is 1.75 bits per heavy atom. The lowest BCUT2D eigenvalue weighted by atomic mass is 10.0. The standard InChI is InChI=1S/C25H31F3N6O2/c1-5-20(17-6-8-18(9-7-17)25(26,27)28)29-22-19-14-34(15(2)3)23(36)21(19)30-24(31-22)33-12-10-32(11-13-33)16(4)35/h6-9,14-15,20,36H,5,10-13H2,1-4H3,(H,29,30,31). The van der Waals surface area contributed by atoms with Crippen molar-refractivity contribution in [2.24, 2.45) is 0 Å². The number of anilines is 2. The Morgan fingerprint density at radius 1 is 1.11 bits per heavy atom. The molecular weight excluding hydrogens is 473 g/mol. The topological polar surface area (TPSA) is 86.5 Å². The van der Waals surface area contributed by atoms with E-state index >= 15 is 0 Å². The van der Waals surface area contributed by atoms with Crippen LogP contribution in [0.4, 0.5) is 24.9 Å². The number of carbonyl (C=O) groups is 1. The van der Waals surface area contributed by atoms with Gasteiger partial charge in [0.15, 0.2) is 0 Å². The molecule has 3 heterocycles. The third-order valence-corrected chi connectivity index (χ3v) is 6.58. The summed E-state index contributed by atoms with van der Waals surface area (Å²) in [5.41, 5.74) is 0.394. The van der Waals surface area contributed by atoms with Gasteiger partial charge in [0.25, 0.3) is 0 Å². The van der Waals surface area contributed by atoms with Crippen molar-refractivity contribution in [3.05, 3.63) is 41.6 Å². The number of nitrogens with one attached hydrogen (secondary N) is 1. The average molecular weight is 505 g/mol. The number of nitrogens with zero attached hydrogens (tertiary/aromatic N) is 5. The summed E-state index contributed by atoms with van der Waals surface area (Å²) in [5.74, 6) is 0.955. The van der Waals surface area contributed by atoms with E-state index in [0.29, 0.717) is 60.8 Å². The van der Waals surface area contributed by atoms with Crippen molar-refractivity contribution in [1.29, 1.82) is 0 Å². The Bertz CT molecular complexity index is 1230. The number of aromatic nitrogens is 3. The van der Waals surface area contributed by atoms with Crippen molar-refractivity contribution in [2.45, 2.75) is 52.4 Å². The van der Waals surface area contributed by atoms with Crippen LogP contribution in [0.3, 0.4) is 0 Å². The van der Waals surface area contributed by atoms with Crippen molar-refractivity contribution in [1.82, 2.24) is 19.4 Å². The van der Waals surface area contributed by atoms with E-state index in [-0.39, 0.29) is 23.9 Å². The van der Waals surface area contributed by atoms with Crippen molar-refractivity contribution in [3.8, 4) is 5.88 Å². The maximum absolute atomic E-state index is 13.0. The zero-order valence-electron chi connectivity index (χ0n) is 20.8.